The molecular weight excluding hydrogens is 871 g/mol. The summed E-state index contributed by atoms with van der Waals surface area (Å²) in [4.78, 5) is 16.2. The Hall–Kier alpha value is -9.57. The third-order valence-electron chi connectivity index (χ3n) is 13.3. The number of aromatic nitrogens is 3. The third kappa shape index (κ3) is 8.95. The highest BCUT2D eigenvalue weighted by Crippen LogP contribution is 2.49. The molecule has 12 aromatic rings. The Bertz CT molecular complexity index is 3600. The van der Waals surface area contributed by atoms with Crippen molar-refractivity contribution in [1.82, 2.24) is 15.0 Å². The predicted octanol–water partition coefficient (Wildman–Crippen LogP) is 18.2. The fourth-order valence-corrected chi connectivity index (χ4v) is 9.77. The standard InChI is InChI=1S/C69H47N3/c1-7-22-48(23-8-1)56-34-19-37-59(44-56)62-47-63(71-69(70-62)61-39-21-36-58(46-61)49-24-9-2-10-25-49)60-38-20-35-57(45-60)50-40-42-53(43-41-50)64-65(51-26-11-3-12-27-51)67(54-30-15-5-16-31-54)72-68(55-32-17-6-18-33-55)66(64)52-28-13-4-14-29-52/h1-47H. The van der Waals surface area contributed by atoms with Gasteiger partial charge < -0.3 is 0 Å². The Morgan fingerprint density at radius 1 is 0.167 bits per heavy atom. The van der Waals surface area contributed by atoms with Crippen LogP contribution in [0.5, 0.6) is 0 Å². The van der Waals surface area contributed by atoms with E-state index in [2.05, 4.69) is 279 Å². The zero-order chi connectivity index (χ0) is 48.1. The average molecular weight is 918 g/mol. The van der Waals surface area contributed by atoms with Crippen LogP contribution in [0, 0.1) is 0 Å². The summed E-state index contributed by atoms with van der Waals surface area (Å²) in [7, 11) is 0. The van der Waals surface area contributed by atoms with Crippen LogP contribution in [0.1, 0.15) is 0 Å². The number of hydrogen-bond acceptors (Lipinski definition) is 3. The molecule has 3 nitrogen and oxygen atoms in total. The SMILES string of the molecule is c1ccc(-c2cccc(-c3cc(-c4cccc(-c5ccc(-c6c(-c7ccccc7)c(-c7ccccc7)nc(-c7ccccc7)c6-c6ccccc6)cc5)c4)nc(-c4cccc(-c5ccccc5)c4)n3)c2)cc1. The first-order chi connectivity index (χ1) is 35.7. The van der Waals surface area contributed by atoms with Crippen molar-refractivity contribution in [2.75, 3.05) is 0 Å². The Morgan fingerprint density at radius 2 is 0.444 bits per heavy atom. The lowest BCUT2D eigenvalue weighted by atomic mass is 9.83. The molecule has 2 heterocycles. The van der Waals surface area contributed by atoms with E-state index in [0.29, 0.717) is 5.82 Å². The van der Waals surface area contributed by atoms with Crippen molar-refractivity contribution in [3.05, 3.63) is 285 Å². The van der Waals surface area contributed by atoms with Crippen molar-refractivity contribution in [2.24, 2.45) is 0 Å². The summed E-state index contributed by atoms with van der Waals surface area (Å²) in [6, 6.07) is 101. The molecule has 0 N–H and O–H groups in total. The van der Waals surface area contributed by atoms with Gasteiger partial charge in [-0.05, 0) is 74.3 Å². The van der Waals surface area contributed by atoms with Crippen molar-refractivity contribution in [3.63, 3.8) is 0 Å². The van der Waals surface area contributed by atoms with Crippen LogP contribution in [0.3, 0.4) is 0 Å². The van der Waals surface area contributed by atoms with Crippen molar-refractivity contribution in [1.29, 1.82) is 0 Å². The second-order valence-corrected chi connectivity index (χ2v) is 17.9. The molecule has 0 radical (unpaired) electrons. The van der Waals surface area contributed by atoms with E-state index in [1.54, 1.807) is 0 Å². The second kappa shape index (κ2) is 19.8. The van der Waals surface area contributed by atoms with E-state index in [1.165, 1.54) is 0 Å². The molecule has 0 spiro atoms. The van der Waals surface area contributed by atoms with Crippen LogP contribution in [0.25, 0.3) is 123 Å². The molecule has 2 aromatic heterocycles. The summed E-state index contributed by atoms with van der Waals surface area (Å²) in [6.45, 7) is 0. The van der Waals surface area contributed by atoms with E-state index >= 15 is 0 Å². The topological polar surface area (TPSA) is 38.7 Å². The molecule has 0 amide bonds. The molecule has 0 bridgehead atoms. The van der Waals surface area contributed by atoms with Crippen molar-refractivity contribution in [2.45, 2.75) is 0 Å². The lowest BCUT2D eigenvalue weighted by Crippen LogP contribution is -2.01. The highest BCUT2D eigenvalue weighted by Gasteiger charge is 2.25. The van der Waals surface area contributed by atoms with E-state index in [1.807, 2.05) is 6.07 Å². The summed E-state index contributed by atoms with van der Waals surface area (Å²) < 4.78 is 0. The van der Waals surface area contributed by atoms with Gasteiger partial charge in [-0.3, -0.25) is 0 Å². The number of nitrogens with zero attached hydrogens (tertiary/aromatic N) is 3. The largest absolute Gasteiger partial charge is 0.246 e. The van der Waals surface area contributed by atoms with Gasteiger partial charge in [-0.1, -0.05) is 261 Å². The third-order valence-corrected chi connectivity index (χ3v) is 13.3. The lowest BCUT2D eigenvalue weighted by Gasteiger charge is -2.23. The Kier molecular flexibility index (Phi) is 12.0. The maximum atomic E-state index is 5.63. The lowest BCUT2D eigenvalue weighted by molar-refractivity contribution is 1.18. The molecule has 3 heteroatoms. The molecule has 0 aliphatic carbocycles. The van der Waals surface area contributed by atoms with E-state index in [4.69, 9.17) is 15.0 Å². The smallest absolute Gasteiger partial charge is 0.160 e. The molecule has 10 aromatic carbocycles. The highest BCUT2D eigenvalue weighted by molar-refractivity contribution is 6.05. The van der Waals surface area contributed by atoms with Gasteiger partial charge in [0, 0.05) is 44.5 Å². The molecule has 0 aliphatic heterocycles. The van der Waals surface area contributed by atoms with Gasteiger partial charge in [0.2, 0.25) is 0 Å². The molecule has 0 unspecified atom stereocenters. The maximum Gasteiger partial charge on any atom is 0.160 e. The summed E-state index contributed by atoms with van der Waals surface area (Å²) in [6.07, 6.45) is 0. The molecule has 338 valence electrons. The van der Waals surface area contributed by atoms with Gasteiger partial charge in [0.15, 0.2) is 5.82 Å². The molecule has 0 fully saturated rings. The van der Waals surface area contributed by atoms with Gasteiger partial charge in [-0.2, -0.15) is 0 Å². The minimum Gasteiger partial charge on any atom is -0.246 e. The van der Waals surface area contributed by atoms with E-state index in [-0.39, 0.29) is 0 Å². The van der Waals surface area contributed by atoms with Crippen LogP contribution in [0.15, 0.2) is 285 Å². The van der Waals surface area contributed by atoms with E-state index in [9.17, 15) is 0 Å². The van der Waals surface area contributed by atoms with Crippen LogP contribution in [0.2, 0.25) is 0 Å². The van der Waals surface area contributed by atoms with Gasteiger partial charge in [0.1, 0.15) is 0 Å². The van der Waals surface area contributed by atoms with E-state index < -0.39 is 0 Å². The Morgan fingerprint density at radius 3 is 0.847 bits per heavy atom. The number of pyridine rings is 1. The summed E-state index contributed by atoms with van der Waals surface area (Å²) in [5.41, 5.74) is 22.1. The quantitative estimate of drug-likeness (QED) is 0.130. The number of hydrogen-bond donors (Lipinski definition) is 0. The fraction of sp³-hybridized carbons (Fsp3) is 0. The van der Waals surface area contributed by atoms with Crippen LogP contribution >= 0.6 is 0 Å². The minimum atomic E-state index is 0.672. The highest BCUT2D eigenvalue weighted by atomic mass is 14.9. The molecule has 12 rings (SSSR count). The maximum absolute atomic E-state index is 5.63. The minimum absolute atomic E-state index is 0.672. The summed E-state index contributed by atoms with van der Waals surface area (Å²) >= 11 is 0. The predicted molar refractivity (Wildman–Crippen MR) is 300 cm³/mol. The Balaban J connectivity index is 1.00. The average Bonchev–Trinajstić information content (AvgIpc) is 3.48. The van der Waals surface area contributed by atoms with Gasteiger partial charge in [0.05, 0.1) is 22.8 Å². The molecular formula is C69H47N3. The summed E-state index contributed by atoms with van der Waals surface area (Å²) in [5, 5.41) is 0. The first kappa shape index (κ1) is 43.7. The van der Waals surface area contributed by atoms with Gasteiger partial charge in [-0.25, -0.2) is 15.0 Å². The van der Waals surface area contributed by atoms with Crippen LogP contribution in [-0.2, 0) is 0 Å². The zero-order valence-corrected chi connectivity index (χ0v) is 39.5. The van der Waals surface area contributed by atoms with Crippen LogP contribution < -0.4 is 0 Å². The molecule has 0 saturated heterocycles. The van der Waals surface area contributed by atoms with Crippen LogP contribution in [-0.4, -0.2) is 15.0 Å². The van der Waals surface area contributed by atoms with Gasteiger partial charge in [-0.15, -0.1) is 0 Å². The molecule has 0 atom stereocenters. The molecule has 0 saturated carbocycles. The zero-order valence-electron chi connectivity index (χ0n) is 39.5. The van der Waals surface area contributed by atoms with Gasteiger partial charge in [0.25, 0.3) is 0 Å². The first-order valence-electron chi connectivity index (χ1n) is 24.4. The fourth-order valence-electron chi connectivity index (χ4n) is 9.77. The summed E-state index contributed by atoms with van der Waals surface area (Å²) in [5.74, 6) is 0.672. The van der Waals surface area contributed by atoms with Crippen molar-refractivity contribution >= 4 is 0 Å². The van der Waals surface area contributed by atoms with Crippen LogP contribution in [0.4, 0.5) is 0 Å². The Labute approximate surface area is 421 Å². The van der Waals surface area contributed by atoms with Gasteiger partial charge >= 0.3 is 0 Å². The second-order valence-electron chi connectivity index (χ2n) is 17.9. The normalized spacial score (nSPS) is 11.1. The van der Waals surface area contributed by atoms with Crippen molar-refractivity contribution in [3.8, 4) is 123 Å². The van der Waals surface area contributed by atoms with Crippen molar-refractivity contribution < 1.29 is 0 Å². The molecule has 0 aliphatic rings. The number of benzene rings is 10. The van der Waals surface area contributed by atoms with E-state index in [0.717, 1.165) is 117 Å². The first-order valence-corrected chi connectivity index (χ1v) is 24.4. The number of rotatable bonds is 11. The monoisotopic (exact) mass is 917 g/mol. The molecule has 72 heavy (non-hydrogen) atoms.